The van der Waals surface area contributed by atoms with Crippen LogP contribution in [0.15, 0.2) is 11.6 Å². The first-order valence-electron chi connectivity index (χ1n) is 26.5. The number of ether oxygens (including phenoxy) is 3. The highest BCUT2D eigenvalue weighted by Crippen LogP contribution is 2.58. The van der Waals surface area contributed by atoms with Gasteiger partial charge in [-0.2, -0.15) is 0 Å². The SMILES string of the molecule is CCC(CC)(CCNCCCCN(CCC(CC)(CC)NC(=O)OC(C)(C)C)C(=O)OC1CC2=CCC3C4CCCC4CCC3C2C([C@H](C)CCCC(C)C)C1)NC(=O)OC(C)(C)C. The highest BCUT2D eigenvalue weighted by molar-refractivity contribution is 5.69. The van der Waals surface area contributed by atoms with Crippen molar-refractivity contribution < 1.29 is 28.6 Å². The molecule has 4 aliphatic carbocycles. The fraction of sp³-hybridized carbons (Fsp3) is 0.907. The fourth-order valence-electron chi connectivity index (χ4n) is 12.4. The van der Waals surface area contributed by atoms with Crippen molar-refractivity contribution in [3.63, 3.8) is 0 Å². The van der Waals surface area contributed by atoms with Gasteiger partial charge in [-0.15, -0.1) is 0 Å². The van der Waals surface area contributed by atoms with E-state index in [1.165, 1.54) is 57.8 Å². The number of unbranched alkanes of at least 4 members (excludes halogenated alkanes) is 1. The van der Waals surface area contributed by atoms with E-state index < -0.39 is 22.8 Å². The van der Waals surface area contributed by atoms with Crippen LogP contribution in [0.25, 0.3) is 0 Å². The zero-order chi connectivity index (χ0) is 47.3. The molecule has 0 aliphatic heterocycles. The van der Waals surface area contributed by atoms with Crippen LogP contribution in [0, 0.1) is 47.3 Å². The lowest BCUT2D eigenvalue weighted by Gasteiger charge is -2.53. The lowest BCUT2D eigenvalue weighted by Crippen LogP contribution is -2.51. The molecule has 10 heteroatoms. The number of hydrogen-bond donors (Lipinski definition) is 3. The van der Waals surface area contributed by atoms with Gasteiger partial charge < -0.3 is 35.1 Å². The number of amides is 3. The average molecular weight is 899 g/mol. The number of allylic oxidation sites excluding steroid dienone is 1. The maximum atomic E-state index is 14.6. The molecule has 0 heterocycles. The number of carbonyl (C=O) groups excluding carboxylic acids is 3. The second-order valence-electron chi connectivity index (χ2n) is 23.4. The summed E-state index contributed by atoms with van der Waals surface area (Å²) in [6, 6.07) is 0. The van der Waals surface area contributed by atoms with E-state index in [0.717, 1.165) is 100 Å². The lowest BCUT2D eigenvalue weighted by atomic mass is 9.53. The number of fused-ring (bicyclic) bond motifs is 5. The standard InChI is InChI=1S/C54H98N4O6/c1-14-53(15-2,56-48(59)63-51(8,9)10)30-33-55-32-18-19-34-58(35-31-54(16-3,17-4)57-49(60)64-52(11,12)13)50(61)62-42-36-41-27-28-44-43-25-21-24-40(43)26-29-45(44)47(41)46(37-42)39(7)23-20-22-38(5)6/h27,38-40,42-47,55H,14-26,28-37H2,1-13H3,(H,56,59)(H,57,60)/t39-,40?,42?,43?,44?,45?,46?,47?/m1/s1. The monoisotopic (exact) mass is 899 g/mol. The highest BCUT2D eigenvalue weighted by Gasteiger charge is 2.51. The van der Waals surface area contributed by atoms with Crippen molar-refractivity contribution >= 4 is 18.3 Å². The van der Waals surface area contributed by atoms with Crippen LogP contribution in [-0.2, 0) is 14.2 Å². The molecule has 64 heavy (non-hydrogen) atoms. The van der Waals surface area contributed by atoms with Gasteiger partial charge in [0.2, 0.25) is 0 Å². The topological polar surface area (TPSA) is 118 Å². The summed E-state index contributed by atoms with van der Waals surface area (Å²) >= 11 is 0. The van der Waals surface area contributed by atoms with Gasteiger partial charge in [-0.05, 0) is 185 Å². The number of alkyl carbamates (subject to hydrolysis) is 2. The fourth-order valence-corrected chi connectivity index (χ4v) is 12.4. The number of carbonyl (C=O) groups is 3. The van der Waals surface area contributed by atoms with Crippen LogP contribution in [0.5, 0.6) is 0 Å². The third-order valence-electron chi connectivity index (χ3n) is 16.3. The smallest absolute Gasteiger partial charge is 0.410 e. The normalized spacial score (nSPS) is 25.3. The quantitative estimate of drug-likeness (QED) is 0.0531. The molecule has 3 amide bonds. The first-order chi connectivity index (χ1) is 30.2. The van der Waals surface area contributed by atoms with Gasteiger partial charge in [-0.3, -0.25) is 0 Å². The second kappa shape index (κ2) is 24.5. The Morgan fingerprint density at radius 2 is 1.34 bits per heavy atom. The van der Waals surface area contributed by atoms with Crippen LogP contribution in [-0.4, -0.2) is 77.7 Å². The Bertz CT molecular complexity index is 1470. The minimum Gasteiger partial charge on any atom is -0.446 e. The van der Waals surface area contributed by atoms with Gasteiger partial charge >= 0.3 is 18.3 Å². The van der Waals surface area contributed by atoms with Gasteiger partial charge in [0.15, 0.2) is 0 Å². The lowest BCUT2D eigenvalue weighted by molar-refractivity contribution is -0.0173. The molecule has 0 spiro atoms. The van der Waals surface area contributed by atoms with Gasteiger partial charge in [-0.1, -0.05) is 92.2 Å². The molecule has 0 radical (unpaired) electrons. The third kappa shape index (κ3) is 16.1. The van der Waals surface area contributed by atoms with E-state index in [4.69, 9.17) is 14.2 Å². The first-order valence-corrected chi connectivity index (χ1v) is 26.5. The maximum Gasteiger partial charge on any atom is 0.410 e. The molecule has 3 saturated carbocycles. The van der Waals surface area contributed by atoms with E-state index in [0.29, 0.717) is 37.3 Å². The number of nitrogens with zero attached hydrogens (tertiary/aromatic N) is 1. The van der Waals surface area contributed by atoms with Crippen molar-refractivity contribution in [1.29, 1.82) is 0 Å². The molecule has 10 nitrogen and oxygen atoms in total. The van der Waals surface area contributed by atoms with E-state index in [1.807, 2.05) is 46.4 Å². The van der Waals surface area contributed by atoms with E-state index >= 15 is 0 Å². The Hall–Kier alpha value is -2.49. The molecule has 0 aromatic rings. The minimum atomic E-state index is -0.599. The largest absolute Gasteiger partial charge is 0.446 e. The Labute approximate surface area is 392 Å². The summed E-state index contributed by atoms with van der Waals surface area (Å²) in [6.45, 7) is 29.6. The molecule has 370 valence electrons. The summed E-state index contributed by atoms with van der Waals surface area (Å²) in [5.74, 6) is 5.98. The Kier molecular flexibility index (Phi) is 20.7. The third-order valence-corrected chi connectivity index (χ3v) is 16.3. The van der Waals surface area contributed by atoms with Gasteiger partial charge in [0.1, 0.15) is 17.3 Å². The van der Waals surface area contributed by atoms with Gasteiger partial charge in [0, 0.05) is 30.6 Å². The predicted molar refractivity (Wildman–Crippen MR) is 262 cm³/mol. The molecular weight excluding hydrogens is 801 g/mol. The number of nitrogens with one attached hydrogen (secondary N) is 3. The Morgan fingerprint density at radius 1 is 0.719 bits per heavy atom. The van der Waals surface area contributed by atoms with E-state index in [2.05, 4.69) is 70.5 Å². The summed E-state index contributed by atoms with van der Waals surface area (Å²) < 4.78 is 18.0. The molecule has 4 rings (SSSR count). The van der Waals surface area contributed by atoms with Crippen molar-refractivity contribution in [2.75, 3.05) is 26.2 Å². The van der Waals surface area contributed by atoms with Crippen LogP contribution in [0.4, 0.5) is 14.4 Å². The molecule has 8 atom stereocenters. The Morgan fingerprint density at radius 3 is 1.94 bits per heavy atom. The van der Waals surface area contributed by atoms with Crippen LogP contribution >= 0.6 is 0 Å². The summed E-state index contributed by atoms with van der Waals surface area (Å²) in [6.07, 6.45) is 21.7. The zero-order valence-electron chi connectivity index (χ0n) is 43.4. The van der Waals surface area contributed by atoms with Crippen molar-refractivity contribution in [3.05, 3.63) is 11.6 Å². The molecule has 7 unspecified atom stereocenters. The first kappa shape index (κ1) is 54.1. The van der Waals surface area contributed by atoms with Crippen molar-refractivity contribution in [2.45, 2.75) is 240 Å². The maximum absolute atomic E-state index is 14.6. The molecule has 0 bridgehead atoms. The number of hydrogen-bond acceptors (Lipinski definition) is 7. The van der Waals surface area contributed by atoms with Crippen LogP contribution in [0.1, 0.15) is 212 Å². The van der Waals surface area contributed by atoms with Gasteiger partial charge in [0.05, 0.1) is 0 Å². The van der Waals surface area contributed by atoms with Crippen LogP contribution < -0.4 is 16.0 Å². The average Bonchev–Trinajstić information content (AvgIpc) is 3.71. The van der Waals surface area contributed by atoms with Gasteiger partial charge in [-0.25, -0.2) is 14.4 Å². The second-order valence-corrected chi connectivity index (χ2v) is 23.4. The molecule has 0 aromatic heterocycles. The zero-order valence-corrected chi connectivity index (χ0v) is 43.4. The molecule has 3 N–H and O–H groups in total. The molecule has 4 aliphatic rings. The molecule has 0 saturated heterocycles. The van der Waals surface area contributed by atoms with Crippen molar-refractivity contribution in [1.82, 2.24) is 20.9 Å². The molecule has 3 fully saturated rings. The highest BCUT2D eigenvalue weighted by atomic mass is 16.6. The summed E-state index contributed by atoms with van der Waals surface area (Å²) in [5, 5.41) is 10.00. The summed E-state index contributed by atoms with van der Waals surface area (Å²) in [4.78, 5) is 42.3. The summed E-state index contributed by atoms with van der Waals surface area (Å²) in [7, 11) is 0. The summed E-state index contributed by atoms with van der Waals surface area (Å²) in [5.41, 5.74) is -0.385. The van der Waals surface area contributed by atoms with Gasteiger partial charge in [0.25, 0.3) is 0 Å². The number of rotatable bonds is 23. The van der Waals surface area contributed by atoms with Crippen molar-refractivity contribution in [2.24, 2.45) is 47.3 Å². The minimum absolute atomic E-state index is 0.121. The Balaban J connectivity index is 1.46. The van der Waals surface area contributed by atoms with Crippen LogP contribution in [0.3, 0.4) is 0 Å². The van der Waals surface area contributed by atoms with E-state index in [1.54, 1.807) is 5.57 Å². The van der Waals surface area contributed by atoms with Crippen molar-refractivity contribution in [3.8, 4) is 0 Å². The van der Waals surface area contributed by atoms with Crippen LogP contribution in [0.2, 0.25) is 0 Å². The predicted octanol–water partition coefficient (Wildman–Crippen LogP) is 13.4. The molecule has 0 aromatic carbocycles. The van der Waals surface area contributed by atoms with E-state index in [-0.39, 0.29) is 23.8 Å². The van der Waals surface area contributed by atoms with E-state index in [9.17, 15) is 14.4 Å². The molecular formula is C54H98N4O6.